The van der Waals surface area contributed by atoms with Crippen LogP contribution in [0.3, 0.4) is 0 Å². The maximum absolute atomic E-state index is 12.0. The van der Waals surface area contributed by atoms with Crippen molar-refractivity contribution in [2.24, 2.45) is 11.3 Å². The maximum Gasteiger partial charge on any atom is 0.229 e. The highest BCUT2D eigenvalue weighted by atomic mass is 16.2. The fourth-order valence-corrected chi connectivity index (χ4v) is 2.25. The van der Waals surface area contributed by atoms with Crippen molar-refractivity contribution < 1.29 is 9.59 Å². The number of amides is 2. The largest absolute Gasteiger partial charge is 0.315 e. The molecule has 0 radical (unpaired) electrons. The van der Waals surface area contributed by atoms with Gasteiger partial charge in [0.25, 0.3) is 0 Å². The average Bonchev–Trinajstić information content (AvgIpc) is 2.14. The van der Waals surface area contributed by atoms with Gasteiger partial charge in [0.2, 0.25) is 11.8 Å². The number of carbonyl (C=O) groups is 2. The van der Waals surface area contributed by atoms with Gasteiger partial charge in [0.1, 0.15) is 0 Å². The Morgan fingerprint density at radius 2 is 1.71 bits per heavy atom. The van der Waals surface area contributed by atoms with Gasteiger partial charge in [0, 0.05) is 25.4 Å². The fourth-order valence-electron chi connectivity index (χ4n) is 2.25. The summed E-state index contributed by atoms with van der Waals surface area (Å²) in [6, 6.07) is 0.170. The number of imide groups is 1. The maximum atomic E-state index is 12.0. The number of nitrogens with one attached hydrogen (secondary N) is 1. The lowest BCUT2D eigenvalue weighted by Gasteiger charge is -2.37. The summed E-state index contributed by atoms with van der Waals surface area (Å²) in [5.41, 5.74) is -0.183. The predicted octanol–water partition coefficient (Wildman–Crippen LogP) is 1.41. The summed E-state index contributed by atoms with van der Waals surface area (Å²) in [5.74, 6) is 0.329. The van der Waals surface area contributed by atoms with E-state index >= 15 is 0 Å². The van der Waals surface area contributed by atoms with Gasteiger partial charge in [-0.2, -0.15) is 0 Å². The highest BCUT2D eigenvalue weighted by Gasteiger charge is 2.38. The number of carbonyl (C=O) groups excluding carboxylic acids is 2. The second-order valence-corrected chi connectivity index (χ2v) is 6.06. The standard InChI is InChI=1S/C13H24N2O2/c1-9(2)10(14-5)8-15-11(16)6-13(3,4)7-12(15)17/h9-10,14H,6-8H2,1-5H3. The summed E-state index contributed by atoms with van der Waals surface area (Å²) >= 11 is 0. The number of hydrogen-bond donors (Lipinski definition) is 1. The highest BCUT2D eigenvalue weighted by Crippen LogP contribution is 2.31. The van der Waals surface area contributed by atoms with E-state index in [2.05, 4.69) is 19.2 Å². The van der Waals surface area contributed by atoms with Crippen molar-refractivity contribution >= 4 is 11.8 Å². The third-order valence-corrected chi connectivity index (χ3v) is 3.42. The van der Waals surface area contributed by atoms with E-state index in [0.717, 1.165) is 0 Å². The van der Waals surface area contributed by atoms with Crippen molar-refractivity contribution in [3.63, 3.8) is 0 Å². The van der Waals surface area contributed by atoms with Crippen LogP contribution >= 0.6 is 0 Å². The van der Waals surface area contributed by atoms with Gasteiger partial charge in [-0.1, -0.05) is 27.7 Å². The zero-order valence-electron chi connectivity index (χ0n) is 11.5. The first-order chi connectivity index (χ1) is 7.76. The lowest BCUT2D eigenvalue weighted by Crippen LogP contribution is -2.52. The molecule has 4 heteroatoms. The monoisotopic (exact) mass is 240 g/mol. The van der Waals surface area contributed by atoms with Gasteiger partial charge in [-0.15, -0.1) is 0 Å². The summed E-state index contributed by atoms with van der Waals surface area (Å²) in [7, 11) is 1.87. The number of piperidine rings is 1. The van der Waals surface area contributed by atoms with E-state index in [0.29, 0.717) is 25.3 Å². The van der Waals surface area contributed by atoms with Crippen molar-refractivity contribution in [1.29, 1.82) is 0 Å². The van der Waals surface area contributed by atoms with E-state index in [1.54, 1.807) is 0 Å². The molecule has 17 heavy (non-hydrogen) atoms. The first kappa shape index (κ1) is 14.2. The van der Waals surface area contributed by atoms with E-state index in [-0.39, 0.29) is 23.3 Å². The molecule has 1 aliphatic heterocycles. The van der Waals surface area contributed by atoms with Gasteiger partial charge >= 0.3 is 0 Å². The molecule has 2 amide bonds. The Morgan fingerprint density at radius 3 is 2.06 bits per heavy atom. The smallest absolute Gasteiger partial charge is 0.229 e. The summed E-state index contributed by atoms with van der Waals surface area (Å²) < 4.78 is 0. The molecule has 4 nitrogen and oxygen atoms in total. The van der Waals surface area contributed by atoms with Gasteiger partial charge < -0.3 is 5.32 Å². The molecule has 1 saturated heterocycles. The summed E-state index contributed by atoms with van der Waals surface area (Å²) in [6.07, 6.45) is 0.931. The Hall–Kier alpha value is -0.900. The summed E-state index contributed by atoms with van der Waals surface area (Å²) in [4.78, 5) is 25.4. The number of rotatable bonds is 4. The normalized spacial score (nSPS) is 22.1. The van der Waals surface area contributed by atoms with Crippen molar-refractivity contribution in [2.75, 3.05) is 13.6 Å². The molecule has 0 bridgehead atoms. The minimum Gasteiger partial charge on any atom is -0.315 e. The quantitative estimate of drug-likeness (QED) is 0.756. The van der Waals surface area contributed by atoms with Gasteiger partial charge in [0.05, 0.1) is 0 Å². The Kier molecular flexibility index (Phi) is 4.31. The van der Waals surface area contributed by atoms with Crippen LogP contribution in [0.15, 0.2) is 0 Å². The van der Waals surface area contributed by atoms with Crippen molar-refractivity contribution in [1.82, 2.24) is 10.2 Å². The van der Waals surface area contributed by atoms with Crippen LogP contribution in [-0.2, 0) is 9.59 Å². The Morgan fingerprint density at radius 1 is 1.24 bits per heavy atom. The molecule has 98 valence electrons. The Labute approximate surface area is 104 Å². The molecular weight excluding hydrogens is 216 g/mol. The Bertz CT molecular complexity index is 291. The molecule has 0 aromatic carbocycles. The van der Waals surface area contributed by atoms with Crippen LogP contribution < -0.4 is 5.32 Å². The molecule has 0 aromatic rings. The molecule has 1 N–H and O–H groups in total. The zero-order chi connectivity index (χ0) is 13.2. The SMILES string of the molecule is CNC(CN1C(=O)CC(C)(C)CC1=O)C(C)C. The predicted molar refractivity (Wildman–Crippen MR) is 67.4 cm³/mol. The van der Waals surface area contributed by atoms with Crippen LogP contribution in [0.2, 0.25) is 0 Å². The first-order valence-corrected chi connectivity index (χ1v) is 6.27. The second-order valence-electron chi connectivity index (χ2n) is 6.06. The molecule has 1 aliphatic rings. The van der Waals surface area contributed by atoms with Crippen molar-refractivity contribution in [2.45, 2.75) is 46.6 Å². The molecule has 1 rings (SSSR count). The van der Waals surface area contributed by atoms with E-state index < -0.39 is 0 Å². The summed E-state index contributed by atoms with van der Waals surface area (Å²) in [5, 5.41) is 3.16. The molecule has 0 aliphatic carbocycles. The second kappa shape index (κ2) is 5.17. The van der Waals surface area contributed by atoms with Crippen LogP contribution in [0.25, 0.3) is 0 Å². The van der Waals surface area contributed by atoms with Crippen LogP contribution in [-0.4, -0.2) is 36.3 Å². The summed E-state index contributed by atoms with van der Waals surface area (Å²) in [6.45, 7) is 8.60. The number of hydrogen-bond acceptors (Lipinski definition) is 3. The number of likely N-dealkylation sites (tertiary alicyclic amines) is 1. The van der Waals surface area contributed by atoms with Crippen molar-refractivity contribution in [3.8, 4) is 0 Å². The van der Waals surface area contributed by atoms with Gasteiger partial charge in [0.15, 0.2) is 0 Å². The average molecular weight is 240 g/mol. The molecule has 0 saturated carbocycles. The van der Waals surface area contributed by atoms with Crippen LogP contribution in [0.1, 0.15) is 40.5 Å². The first-order valence-electron chi connectivity index (χ1n) is 6.27. The fraction of sp³-hybridized carbons (Fsp3) is 0.846. The van der Waals surface area contributed by atoms with Gasteiger partial charge in [-0.3, -0.25) is 14.5 Å². The van der Waals surface area contributed by atoms with Crippen LogP contribution in [0.5, 0.6) is 0 Å². The lowest BCUT2D eigenvalue weighted by atomic mass is 9.81. The molecule has 1 heterocycles. The minimum absolute atomic E-state index is 0.0350. The Balaban J connectivity index is 2.72. The number of likely N-dealkylation sites (N-methyl/N-ethyl adjacent to an activating group) is 1. The van der Waals surface area contributed by atoms with E-state index in [9.17, 15) is 9.59 Å². The molecule has 1 fully saturated rings. The molecule has 0 spiro atoms. The molecule has 1 unspecified atom stereocenters. The van der Waals surface area contributed by atoms with Gasteiger partial charge in [-0.05, 0) is 18.4 Å². The van der Waals surface area contributed by atoms with E-state index in [4.69, 9.17) is 0 Å². The third kappa shape index (κ3) is 3.53. The molecular formula is C13H24N2O2. The topological polar surface area (TPSA) is 49.4 Å². The molecule has 0 aromatic heterocycles. The zero-order valence-corrected chi connectivity index (χ0v) is 11.5. The molecule has 1 atom stereocenters. The lowest BCUT2D eigenvalue weighted by molar-refractivity contribution is -0.153. The van der Waals surface area contributed by atoms with Crippen LogP contribution in [0.4, 0.5) is 0 Å². The van der Waals surface area contributed by atoms with Crippen molar-refractivity contribution in [3.05, 3.63) is 0 Å². The van der Waals surface area contributed by atoms with E-state index in [1.165, 1.54) is 4.90 Å². The van der Waals surface area contributed by atoms with Crippen LogP contribution in [0, 0.1) is 11.3 Å². The highest BCUT2D eigenvalue weighted by molar-refractivity contribution is 5.98. The number of nitrogens with zero attached hydrogens (tertiary/aromatic N) is 1. The third-order valence-electron chi connectivity index (χ3n) is 3.42. The van der Waals surface area contributed by atoms with Gasteiger partial charge in [-0.25, -0.2) is 0 Å². The minimum atomic E-state index is -0.183. The van der Waals surface area contributed by atoms with E-state index in [1.807, 2.05) is 20.9 Å².